The van der Waals surface area contributed by atoms with Crippen molar-refractivity contribution in [2.45, 2.75) is 17.7 Å². The first-order valence-electron chi connectivity index (χ1n) is 8.57. The number of hydrogen-bond donors (Lipinski definition) is 1. The molecule has 27 heavy (non-hydrogen) atoms. The minimum Gasteiger partial charge on any atom is -0.326 e. The van der Waals surface area contributed by atoms with Gasteiger partial charge < -0.3 is 5.32 Å². The zero-order valence-electron chi connectivity index (χ0n) is 14.4. The maximum absolute atomic E-state index is 13.2. The van der Waals surface area contributed by atoms with Crippen LogP contribution < -0.4 is 9.62 Å². The number of benzene rings is 3. The van der Waals surface area contributed by atoms with E-state index in [4.69, 9.17) is 0 Å². The van der Waals surface area contributed by atoms with Gasteiger partial charge in [0.05, 0.1) is 10.6 Å². The highest BCUT2D eigenvalue weighted by Crippen LogP contribution is 2.41. The Bertz CT molecular complexity index is 1140. The maximum atomic E-state index is 13.2. The minimum absolute atomic E-state index is 0.134. The second-order valence-electron chi connectivity index (χ2n) is 6.37. The highest BCUT2D eigenvalue weighted by molar-refractivity contribution is 7.93. The van der Waals surface area contributed by atoms with E-state index in [9.17, 15) is 17.6 Å². The van der Waals surface area contributed by atoms with Gasteiger partial charge in [0.15, 0.2) is 0 Å². The second kappa shape index (κ2) is 6.66. The summed E-state index contributed by atoms with van der Waals surface area (Å²) in [5, 5.41) is 4.22. The van der Waals surface area contributed by atoms with Crippen LogP contribution in [0.25, 0.3) is 10.8 Å². The summed E-state index contributed by atoms with van der Waals surface area (Å²) in [4.78, 5) is 12.4. The molecular weight excluding hydrogens is 367 g/mol. The van der Waals surface area contributed by atoms with E-state index in [1.54, 1.807) is 24.3 Å². The molecule has 0 spiro atoms. The monoisotopic (exact) mass is 384 g/mol. The summed E-state index contributed by atoms with van der Waals surface area (Å²) in [6, 6.07) is 16.4. The SMILES string of the molecule is O=C(CCCN1c2cccc3cccc(c23)S1(=O)=O)Nc1cccc(F)c1. The number of anilines is 2. The molecular formula is C20H17FN2O3S. The van der Waals surface area contributed by atoms with E-state index >= 15 is 0 Å². The summed E-state index contributed by atoms with van der Waals surface area (Å²) in [6.07, 6.45) is 0.486. The number of nitrogens with zero attached hydrogens (tertiary/aromatic N) is 1. The smallest absolute Gasteiger partial charge is 0.265 e. The molecule has 138 valence electrons. The molecule has 0 aromatic heterocycles. The minimum atomic E-state index is -3.61. The van der Waals surface area contributed by atoms with Gasteiger partial charge in [-0.05, 0) is 42.1 Å². The van der Waals surface area contributed by atoms with Crippen molar-refractivity contribution in [1.29, 1.82) is 0 Å². The van der Waals surface area contributed by atoms with Crippen molar-refractivity contribution in [2.24, 2.45) is 0 Å². The largest absolute Gasteiger partial charge is 0.326 e. The molecule has 0 atom stereocenters. The molecule has 0 aliphatic carbocycles. The molecule has 1 aliphatic heterocycles. The van der Waals surface area contributed by atoms with E-state index in [0.717, 1.165) is 10.8 Å². The molecule has 0 saturated heterocycles. The first kappa shape index (κ1) is 17.5. The molecule has 0 radical (unpaired) electrons. The van der Waals surface area contributed by atoms with Crippen LogP contribution in [0.2, 0.25) is 0 Å². The molecule has 0 fully saturated rings. The van der Waals surface area contributed by atoms with E-state index in [1.165, 1.54) is 22.5 Å². The van der Waals surface area contributed by atoms with Gasteiger partial charge in [0, 0.05) is 24.0 Å². The van der Waals surface area contributed by atoms with Crippen molar-refractivity contribution < 1.29 is 17.6 Å². The van der Waals surface area contributed by atoms with Crippen molar-refractivity contribution >= 4 is 38.1 Å². The van der Waals surface area contributed by atoms with Crippen LogP contribution >= 0.6 is 0 Å². The van der Waals surface area contributed by atoms with Crippen LogP contribution in [0.4, 0.5) is 15.8 Å². The lowest BCUT2D eigenvalue weighted by Crippen LogP contribution is -2.28. The number of carbonyl (C=O) groups excluding carboxylic acids is 1. The van der Waals surface area contributed by atoms with E-state index in [-0.39, 0.29) is 18.9 Å². The molecule has 3 aromatic carbocycles. The zero-order valence-corrected chi connectivity index (χ0v) is 15.2. The molecule has 1 N–H and O–H groups in total. The van der Waals surface area contributed by atoms with Crippen molar-refractivity contribution in [3.05, 3.63) is 66.5 Å². The van der Waals surface area contributed by atoms with Crippen molar-refractivity contribution in [3.63, 3.8) is 0 Å². The van der Waals surface area contributed by atoms with Crippen LogP contribution in [0.5, 0.6) is 0 Å². The first-order chi connectivity index (χ1) is 13.0. The average molecular weight is 384 g/mol. The normalized spacial score (nSPS) is 14.5. The van der Waals surface area contributed by atoms with Crippen molar-refractivity contribution in [1.82, 2.24) is 0 Å². The average Bonchev–Trinajstić information content (AvgIpc) is 2.85. The molecule has 1 heterocycles. The lowest BCUT2D eigenvalue weighted by Gasteiger charge is -2.18. The Balaban J connectivity index is 1.46. The van der Waals surface area contributed by atoms with Crippen LogP contribution in [-0.4, -0.2) is 20.9 Å². The van der Waals surface area contributed by atoms with Gasteiger partial charge in [0.2, 0.25) is 5.91 Å². The van der Waals surface area contributed by atoms with Crippen LogP contribution in [0.15, 0.2) is 65.6 Å². The van der Waals surface area contributed by atoms with Crippen molar-refractivity contribution in [3.8, 4) is 0 Å². The highest BCUT2D eigenvalue weighted by Gasteiger charge is 2.34. The van der Waals surface area contributed by atoms with Crippen LogP contribution in [-0.2, 0) is 14.8 Å². The third-order valence-electron chi connectivity index (χ3n) is 4.55. The van der Waals surface area contributed by atoms with Crippen LogP contribution in [0, 0.1) is 5.82 Å². The summed E-state index contributed by atoms with van der Waals surface area (Å²) in [6.45, 7) is 0.201. The van der Waals surface area contributed by atoms with Gasteiger partial charge >= 0.3 is 0 Å². The van der Waals surface area contributed by atoms with E-state index in [0.29, 0.717) is 22.7 Å². The Kier molecular flexibility index (Phi) is 4.31. The van der Waals surface area contributed by atoms with Gasteiger partial charge in [-0.3, -0.25) is 9.10 Å². The molecule has 1 amide bonds. The molecule has 4 rings (SSSR count). The summed E-state index contributed by atoms with van der Waals surface area (Å²) in [5.74, 6) is -0.713. The van der Waals surface area contributed by atoms with Crippen LogP contribution in [0.3, 0.4) is 0 Å². The first-order valence-corrected chi connectivity index (χ1v) is 10.0. The molecule has 0 saturated carbocycles. The van der Waals surface area contributed by atoms with E-state index in [2.05, 4.69) is 5.32 Å². The third-order valence-corrected chi connectivity index (χ3v) is 6.41. The van der Waals surface area contributed by atoms with Gasteiger partial charge in [0.1, 0.15) is 5.82 Å². The Morgan fingerprint density at radius 1 is 1.04 bits per heavy atom. The number of amides is 1. The van der Waals surface area contributed by atoms with Gasteiger partial charge in [0.25, 0.3) is 10.0 Å². The summed E-state index contributed by atoms with van der Waals surface area (Å²) in [5.41, 5.74) is 1.03. The maximum Gasteiger partial charge on any atom is 0.265 e. The zero-order chi connectivity index (χ0) is 19.0. The fourth-order valence-electron chi connectivity index (χ4n) is 3.37. The molecule has 0 unspecified atom stereocenters. The Morgan fingerprint density at radius 3 is 2.56 bits per heavy atom. The molecule has 1 aliphatic rings. The molecule has 0 bridgehead atoms. The Hall–Kier alpha value is -2.93. The lowest BCUT2D eigenvalue weighted by molar-refractivity contribution is -0.116. The number of rotatable bonds is 5. The molecule has 7 heteroatoms. The number of sulfonamides is 1. The summed E-state index contributed by atoms with van der Waals surface area (Å²) < 4.78 is 40.2. The second-order valence-corrected chi connectivity index (χ2v) is 8.20. The number of nitrogens with one attached hydrogen (secondary N) is 1. The lowest BCUT2D eigenvalue weighted by atomic mass is 10.1. The topological polar surface area (TPSA) is 66.5 Å². The van der Waals surface area contributed by atoms with E-state index < -0.39 is 15.8 Å². The van der Waals surface area contributed by atoms with Gasteiger partial charge in [-0.1, -0.05) is 30.3 Å². The Morgan fingerprint density at radius 2 is 1.78 bits per heavy atom. The molecule has 3 aromatic rings. The van der Waals surface area contributed by atoms with Crippen LogP contribution in [0.1, 0.15) is 12.8 Å². The number of halogens is 1. The number of carbonyl (C=O) groups is 1. The fraction of sp³-hybridized carbons (Fsp3) is 0.150. The summed E-state index contributed by atoms with van der Waals surface area (Å²) >= 11 is 0. The fourth-order valence-corrected chi connectivity index (χ4v) is 5.12. The predicted octanol–water partition coefficient (Wildman–Crippen LogP) is 3.91. The number of hydrogen-bond acceptors (Lipinski definition) is 3. The van der Waals surface area contributed by atoms with Crippen molar-refractivity contribution in [2.75, 3.05) is 16.2 Å². The Labute approximate surface area is 156 Å². The van der Waals surface area contributed by atoms with Gasteiger partial charge in [-0.15, -0.1) is 0 Å². The predicted molar refractivity (Wildman–Crippen MR) is 103 cm³/mol. The van der Waals surface area contributed by atoms with E-state index in [1.807, 2.05) is 18.2 Å². The quantitative estimate of drug-likeness (QED) is 0.725. The van der Waals surface area contributed by atoms with Gasteiger partial charge in [-0.25, -0.2) is 12.8 Å². The third kappa shape index (κ3) is 3.14. The summed E-state index contributed by atoms with van der Waals surface area (Å²) in [7, 11) is -3.61. The highest BCUT2D eigenvalue weighted by atomic mass is 32.2. The van der Waals surface area contributed by atoms with Gasteiger partial charge in [-0.2, -0.15) is 0 Å². The standard InChI is InChI=1S/C20H17FN2O3S/c21-15-7-3-8-16(13-15)22-19(24)11-4-12-23-17-9-1-5-14-6-2-10-18(20(14)17)27(23,25)26/h1-3,5-10,13H,4,11-12H2,(H,22,24). The molecule has 5 nitrogen and oxygen atoms in total.